The van der Waals surface area contributed by atoms with Crippen LogP contribution in [0.1, 0.15) is 79.6 Å². The molecule has 4 aliphatic carbocycles. The summed E-state index contributed by atoms with van der Waals surface area (Å²) in [6.45, 7) is 8.73. The molecule has 31 heavy (non-hydrogen) atoms. The molecule has 0 aromatic rings. The zero-order valence-corrected chi connectivity index (χ0v) is 19.4. The van der Waals surface area contributed by atoms with Crippen LogP contribution in [-0.4, -0.2) is 40.6 Å². The first-order valence-corrected chi connectivity index (χ1v) is 11.7. The van der Waals surface area contributed by atoms with Gasteiger partial charge in [0.1, 0.15) is 23.6 Å². The van der Waals surface area contributed by atoms with E-state index in [2.05, 4.69) is 13.0 Å². The minimum absolute atomic E-state index is 0.0640. The highest BCUT2D eigenvalue weighted by atomic mass is 16.6. The van der Waals surface area contributed by atoms with Gasteiger partial charge in [-0.2, -0.15) is 0 Å². The van der Waals surface area contributed by atoms with Gasteiger partial charge in [-0.25, -0.2) is 0 Å². The highest BCUT2D eigenvalue weighted by Gasteiger charge is 2.71. The summed E-state index contributed by atoms with van der Waals surface area (Å²) in [4.78, 5) is 35.9. The maximum absolute atomic E-state index is 12.6. The highest BCUT2D eigenvalue weighted by Crippen LogP contribution is 2.68. The van der Waals surface area contributed by atoms with Crippen molar-refractivity contribution in [1.82, 2.24) is 0 Å². The van der Waals surface area contributed by atoms with Gasteiger partial charge >= 0.3 is 11.9 Å². The van der Waals surface area contributed by atoms with E-state index >= 15 is 0 Å². The predicted molar refractivity (Wildman–Crippen MR) is 114 cm³/mol. The van der Waals surface area contributed by atoms with Crippen LogP contribution in [-0.2, 0) is 23.9 Å². The van der Waals surface area contributed by atoms with Gasteiger partial charge in [0.2, 0.25) is 0 Å². The van der Waals surface area contributed by atoms with Gasteiger partial charge < -0.3 is 14.6 Å². The Kier molecular flexibility index (Phi) is 5.39. The van der Waals surface area contributed by atoms with E-state index in [4.69, 9.17) is 9.47 Å². The minimum atomic E-state index is -1.23. The van der Waals surface area contributed by atoms with Crippen LogP contribution in [0, 0.1) is 28.6 Å². The molecule has 0 aliphatic heterocycles. The second-order valence-electron chi connectivity index (χ2n) is 10.8. The van der Waals surface area contributed by atoms with Crippen LogP contribution >= 0.6 is 0 Å². The molecule has 0 aromatic heterocycles. The standard InChI is InChI=1S/C25H36O6/c1-14(26)21-13-22(31-16(3)28)25(29)20-7-6-17-12-18(30-15(2)27)8-10-23(17,4)19(20)9-11-24(21,25)5/h6,18-22,29H,7-13H2,1-5H3/t18-,19-,20-,21+,22-,23-,24+,25+/m0/s1. The van der Waals surface area contributed by atoms with E-state index in [1.165, 1.54) is 19.4 Å². The number of carbonyl (C=O) groups is 3. The topological polar surface area (TPSA) is 89.9 Å². The van der Waals surface area contributed by atoms with Gasteiger partial charge in [-0.1, -0.05) is 25.5 Å². The Balaban J connectivity index is 1.71. The van der Waals surface area contributed by atoms with Crippen molar-refractivity contribution < 1.29 is 29.0 Å². The van der Waals surface area contributed by atoms with E-state index in [0.717, 1.165) is 32.1 Å². The highest BCUT2D eigenvalue weighted by molar-refractivity contribution is 5.80. The lowest BCUT2D eigenvalue weighted by atomic mass is 9.45. The smallest absolute Gasteiger partial charge is 0.303 e. The molecule has 4 aliphatic rings. The van der Waals surface area contributed by atoms with Crippen LogP contribution < -0.4 is 0 Å². The van der Waals surface area contributed by atoms with Crippen molar-refractivity contribution in [1.29, 1.82) is 0 Å². The summed E-state index contributed by atoms with van der Waals surface area (Å²) in [5.41, 5.74) is -0.582. The first-order valence-electron chi connectivity index (χ1n) is 11.7. The molecule has 0 aromatic carbocycles. The Morgan fingerprint density at radius 1 is 1.00 bits per heavy atom. The summed E-state index contributed by atoms with van der Waals surface area (Å²) in [5.74, 6) is -0.718. The number of ether oxygens (including phenoxy) is 2. The number of aliphatic hydroxyl groups is 1. The van der Waals surface area contributed by atoms with E-state index in [1.54, 1.807) is 6.92 Å². The summed E-state index contributed by atoms with van der Waals surface area (Å²) >= 11 is 0. The molecule has 172 valence electrons. The molecular formula is C25H36O6. The van der Waals surface area contributed by atoms with Crippen LogP contribution in [0.25, 0.3) is 0 Å². The van der Waals surface area contributed by atoms with E-state index in [-0.39, 0.29) is 41.0 Å². The van der Waals surface area contributed by atoms with E-state index < -0.39 is 23.1 Å². The van der Waals surface area contributed by atoms with Crippen molar-refractivity contribution in [3.8, 4) is 0 Å². The third-order valence-corrected chi connectivity index (χ3v) is 9.39. The van der Waals surface area contributed by atoms with Crippen molar-refractivity contribution in [3.05, 3.63) is 11.6 Å². The molecule has 0 saturated heterocycles. The van der Waals surface area contributed by atoms with Gasteiger partial charge in [0.05, 0.1) is 0 Å². The Morgan fingerprint density at radius 3 is 2.29 bits per heavy atom. The van der Waals surface area contributed by atoms with Crippen molar-refractivity contribution in [3.63, 3.8) is 0 Å². The lowest BCUT2D eigenvalue weighted by Crippen LogP contribution is -2.64. The third-order valence-electron chi connectivity index (χ3n) is 9.39. The summed E-state index contributed by atoms with van der Waals surface area (Å²) in [6, 6.07) is 0. The average Bonchev–Trinajstić information content (AvgIpc) is 2.89. The quantitative estimate of drug-likeness (QED) is 0.540. The second kappa shape index (κ2) is 7.43. The minimum Gasteiger partial charge on any atom is -0.462 e. The van der Waals surface area contributed by atoms with Crippen molar-refractivity contribution in [2.75, 3.05) is 0 Å². The summed E-state index contributed by atoms with van der Waals surface area (Å²) in [6.07, 6.45) is 6.72. The molecule has 3 fully saturated rings. The lowest BCUT2D eigenvalue weighted by Gasteiger charge is -2.61. The van der Waals surface area contributed by atoms with Crippen LogP contribution in [0.5, 0.6) is 0 Å². The number of esters is 2. The second-order valence-corrected chi connectivity index (χ2v) is 10.8. The van der Waals surface area contributed by atoms with Gasteiger partial charge in [-0.3, -0.25) is 14.4 Å². The molecule has 0 bridgehead atoms. The largest absolute Gasteiger partial charge is 0.462 e. The number of allylic oxidation sites excluding steroid dienone is 1. The Morgan fingerprint density at radius 2 is 1.68 bits per heavy atom. The monoisotopic (exact) mass is 432 g/mol. The number of rotatable bonds is 3. The van der Waals surface area contributed by atoms with Crippen molar-refractivity contribution in [2.24, 2.45) is 28.6 Å². The van der Waals surface area contributed by atoms with Gasteiger partial charge in [-0.15, -0.1) is 0 Å². The third kappa shape index (κ3) is 3.20. The van der Waals surface area contributed by atoms with Gasteiger partial charge in [0.25, 0.3) is 0 Å². The molecule has 6 nitrogen and oxygen atoms in total. The predicted octanol–water partition coefficient (Wildman–Crippen LogP) is 3.74. The zero-order valence-electron chi connectivity index (χ0n) is 19.4. The maximum atomic E-state index is 12.6. The first kappa shape index (κ1) is 22.5. The molecule has 8 atom stereocenters. The molecule has 0 radical (unpaired) electrons. The molecule has 0 heterocycles. The van der Waals surface area contributed by atoms with Crippen molar-refractivity contribution >= 4 is 17.7 Å². The molecule has 0 amide bonds. The molecule has 6 heteroatoms. The van der Waals surface area contributed by atoms with Gasteiger partial charge in [-0.05, 0) is 62.7 Å². The fraction of sp³-hybridized carbons (Fsp3) is 0.800. The normalized spacial score (nSPS) is 46.1. The number of ketones is 1. The number of fused-ring (bicyclic) bond motifs is 5. The molecule has 0 unspecified atom stereocenters. The summed E-state index contributed by atoms with van der Waals surface area (Å²) in [5, 5.41) is 12.3. The summed E-state index contributed by atoms with van der Waals surface area (Å²) in [7, 11) is 0. The van der Waals surface area contributed by atoms with Crippen LogP contribution in [0.3, 0.4) is 0 Å². The van der Waals surface area contributed by atoms with Crippen LogP contribution in [0.4, 0.5) is 0 Å². The summed E-state index contributed by atoms with van der Waals surface area (Å²) < 4.78 is 11.2. The Labute approximate surface area is 184 Å². The average molecular weight is 433 g/mol. The Bertz CT molecular complexity index is 832. The lowest BCUT2D eigenvalue weighted by molar-refractivity contribution is -0.221. The number of Topliss-reactive ketones (excluding diaryl/α,β-unsaturated/α-hetero) is 1. The van der Waals surface area contributed by atoms with Gasteiger partial charge in [0, 0.05) is 31.6 Å². The molecule has 0 spiro atoms. The van der Waals surface area contributed by atoms with E-state index in [9.17, 15) is 19.5 Å². The first-order chi connectivity index (χ1) is 14.4. The molecule has 3 saturated carbocycles. The van der Waals surface area contributed by atoms with Gasteiger partial charge in [0.15, 0.2) is 0 Å². The molecular weight excluding hydrogens is 396 g/mol. The van der Waals surface area contributed by atoms with E-state index in [0.29, 0.717) is 12.8 Å². The fourth-order valence-corrected chi connectivity index (χ4v) is 7.91. The number of hydrogen-bond donors (Lipinski definition) is 1. The van der Waals surface area contributed by atoms with Crippen LogP contribution in [0.2, 0.25) is 0 Å². The van der Waals surface area contributed by atoms with Crippen LogP contribution in [0.15, 0.2) is 11.6 Å². The van der Waals surface area contributed by atoms with Crippen molar-refractivity contribution in [2.45, 2.75) is 97.4 Å². The maximum Gasteiger partial charge on any atom is 0.303 e. The Hall–Kier alpha value is -1.69. The number of carbonyl (C=O) groups excluding carboxylic acids is 3. The fourth-order valence-electron chi connectivity index (χ4n) is 7.91. The zero-order chi connectivity index (χ0) is 22.8. The van der Waals surface area contributed by atoms with E-state index in [1.807, 2.05) is 6.92 Å². The molecule has 4 rings (SSSR count). The number of hydrogen-bond acceptors (Lipinski definition) is 6. The SMILES string of the molecule is CC(=O)O[C@H]1CC[C@@]2(C)C(=CC[C@H]3[C@@H]2CC[C@]2(C)[C@@H](C(C)=O)C[C@H](OC(C)=O)[C@]32O)C1. The molecule has 1 N–H and O–H groups in total.